The van der Waals surface area contributed by atoms with E-state index in [9.17, 15) is 0 Å². The number of hydrogen-bond donors (Lipinski definition) is 1. The molecular formula is C18H14N4S. The Morgan fingerprint density at radius 1 is 1.04 bits per heavy atom. The molecule has 0 fully saturated rings. The van der Waals surface area contributed by atoms with Gasteiger partial charge in [0.2, 0.25) is 5.16 Å². The second-order valence-electron chi connectivity index (χ2n) is 4.84. The third-order valence-electron chi connectivity index (χ3n) is 3.17. The van der Waals surface area contributed by atoms with Crippen LogP contribution in [0.5, 0.6) is 0 Å². The molecule has 1 heterocycles. The summed E-state index contributed by atoms with van der Waals surface area (Å²) in [6, 6.07) is 19.7. The fourth-order valence-corrected chi connectivity index (χ4v) is 2.72. The summed E-state index contributed by atoms with van der Waals surface area (Å²) in [5, 5.41) is 16.6. The zero-order valence-electron chi connectivity index (χ0n) is 12.3. The highest BCUT2D eigenvalue weighted by atomic mass is 32.2. The Morgan fingerprint density at radius 3 is 2.57 bits per heavy atom. The summed E-state index contributed by atoms with van der Waals surface area (Å²) in [6.45, 7) is 0. The van der Waals surface area contributed by atoms with Gasteiger partial charge in [0, 0.05) is 5.75 Å². The molecule has 4 nitrogen and oxygen atoms in total. The maximum Gasteiger partial charge on any atom is 0.209 e. The van der Waals surface area contributed by atoms with Crippen molar-refractivity contribution in [2.45, 2.75) is 10.9 Å². The molecule has 0 bridgehead atoms. The molecule has 0 atom stereocenters. The smallest absolute Gasteiger partial charge is 0.209 e. The summed E-state index contributed by atoms with van der Waals surface area (Å²) in [4.78, 5) is 4.43. The molecule has 3 rings (SSSR count). The normalized spacial score (nSPS) is 10.7. The van der Waals surface area contributed by atoms with Crippen LogP contribution < -0.4 is 0 Å². The first-order valence-corrected chi connectivity index (χ1v) is 8.09. The number of rotatable bonds is 5. The molecule has 0 saturated carbocycles. The molecule has 23 heavy (non-hydrogen) atoms. The van der Waals surface area contributed by atoms with Crippen molar-refractivity contribution < 1.29 is 0 Å². The molecule has 0 aliphatic carbocycles. The standard InChI is InChI=1S/C18H14N4S/c19-12-15-6-8-16(9-7-15)13-23-18-20-17(21-22-18)11-10-14-4-2-1-3-5-14/h1-11H,13H2,(H,20,21,22)/b11-10+. The number of thioether (sulfide) groups is 1. The first-order valence-electron chi connectivity index (χ1n) is 7.11. The van der Waals surface area contributed by atoms with Crippen LogP contribution in [-0.4, -0.2) is 15.2 Å². The zero-order chi connectivity index (χ0) is 15.9. The van der Waals surface area contributed by atoms with Crippen LogP contribution in [-0.2, 0) is 5.75 Å². The Morgan fingerprint density at radius 2 is 1.83 bits per heavy atom. The van der Waals surface area contributed by atoms with Crippen molar-refractivity contribution in [1.29, 1.82) is 5.26 Å². The van der Waals surface area contributed by atoms with E-state index in [1.165, 1.54) is 0 Å². The summed E-state index contributed by atoms with van der Waals surface area (Å²) >= 11 is 1.56. The van der Waals surface area contributed by atoms with Gasteiger partial charge in [-0.3, -0.25) is 5.10 Å². The lowest BCUT2D eigenvalue weighted by atomic mass is 10.2. The van der Waals surface area contributed by atoms with Crippen molar-refractivity contribution in [3.63, 3.8) is 0 Å². The lowest BCUT2D eigenvalue weighted by Gasteiger charge is -1.97. The number of hydrogen-bond acceptors (Lipinski definition) is 4. The van der Waals surface area contributed by atoms with Crippen molar-refractivity contribution in [2.75, 3.05) is 0 Å². The van der Waals surface area contributed by atoms with Gasteiger partial charge >= 0.3 is 0 Å². The lowest BCUT2D eigenvalue weighted by molar-refractivity contribution is 0.972. The van der Waals surface area contributed by atoms with E-state index in [4.69, 9.17) is 5.26 Å². The summed E-state index contributed by atoms with van der Waals surface area (Å²) in [5.41, 5.74) is 2.93. The average Bonchev–Trinajstić information content (AvgIpc) is 3.07. The summed E-state index contributed by atoms with van der Waals surface area (Å²) in [6.07, 6.45) is 3.91. The molecule has 0 radical (unpaired) electrons. The van der Waals surface area contributed by atoms with Gasteiger partial charge in [0.1, 0.15) is 5.82 Å². The Hall–Kier alpha value is -2.84. The number of benzene rings is 2. The summed E-state index contributed by atoms with van der Waals surface area (Å²) in [5.74, 6) is 1.50. The lowest BCUT2D eigenvalue weighted by Crippen LogP contribution is -1.83. The minimum atomic E-state index is 0.671. The molecular weight excluding hydrogens is 304 g/mol. The van der Waals surface area contributed by atoms with E-state index in [0.29, 0.717) is 10.7 Å². The third kappa shape index (κ3) is 4.31. The largest absolute Gasteiger partial charge is 0.259 e. The third-order valence-corrected chi connectivity index (χ3v) is 4.08. The second kappa shape index (κ2) is 7.43. The van der Waals surface area contributed by atoms with Crippen LogP contribution in [0, 0.1) is 11.3 Å². The molecule has 0 saturated heterocycles. The molecule has 0 aliphatic heterocycles. The minimum absolute atomic E-state index is 0.671. The van der Waals surface area contributed by atoms with E-state index in [-0.39, 0.29) is 0 Å². The molecule has 5 heteroatoms. The van der Waals surface area contributed by atoms with Gasteiger partial charge in [0.15, 0.2) is 0 Å². The van der Waals surface area contributed by atoms with Crippen LogP contribution in [0.1, 0.15) is 22.5 Å². The van der Waals surface area contributed by atoms with Gasteiger partial charge in [-0.05, 0) is 29.3 Å². The first kappa shape index (κ1) is 15.1. The summed E-state index contributed by atoms with van der Waals surface area (Å²) < 4.78 is 0. The van der Waals surface area contributed by atoms with Gasteiger partial charge in [-0.15, -0.1) is 5.10 Å². The fourth-order valence-electron chi connectivity index (χ4n) is 1.96. The number of aromatic amines is 1. The highest BCUT2D eigenvalue weighted by molar-refractivity contribution is 7.98. The van der Waals surface area contributed by atoms with Crippen LogP contribution in [0.25, 0.3) is 12.2 Å². The summed E-state index contributed by atoms with van der Waals surface area (Å²) in [7, 11) is 0. The molecule has 0 spiro atoms. The number of nitriles is 1. The maximum atomic E-state index is 8.79. The van der Waals surface area contributed by atoms with Crippen LogP contribution in [0.4, 0.5) is 0 Å². The highest BCUT2D eigenvalue weighted by Crippen LogP contribution is 2.19. The van der Waals surface area contributed by atoms with E-state index in [1.54, 1.807) is 11.8 Å². The van der Waals surface area contributed by atoms with Crippen LogP contribution >= 0.6 is 11.8 Å². The Bertz CT molecular complexity index is 829. The molecule has 1 N–H and O–H groups in total. The zero-order valence-corrected chi connectivity index (χ0v) is 13.1. The Balaban J connectivity index is 1.59. The van der Waals surface area contributed by atoms with Crippen LogP contribution in [0.3, 0.4) is 0 Å². The quantitative estimate of drug-likeness (QED) is 0.718. The van der Waals surface area contributed by atoms with Gasteiger partial charge in [0.05, 0.1) is 11.6 Å². The molecule has 112 valence electrons. The Labute approximate surface area is 138 Å². The van der Waals surface area contributed by atoms with Gasteiger partial charge in [-0.1, -0.05) is 60.3 Å². The van der Waals surface area contributed by atoms with E-state index >= 15 is 0 Å². The average molecular weight is 318 g/mol. The highest BCUT2D eigenvalue weighted by Gasteiger charge is 2.02. The van der Waals surface area contributed by atoms with Gasteiger partial charge < -0.3 is 0 Å². The Kier molecular flexibility index (Phi) is 4.87. The molecule has 0 aliphatic rings. The molecule has 0 unspecified atom stereocenters. The van der Waals surface area contributed by atoms with Crippen molar-refractivity contribution >= 4 is 23.9 Å². The van der Waals surface area contributed by atoms with Gasteiger partial charge in [0.25, 0.3) is 0 Å². The molecule has 2 aromatic carbocycles. The number of nitrogens with zero attached hydrogens (tertiary/aromatic N) is 3. The number of nitrogens with one attached hydrogen (secondary N) is 1. The molecule has 3 aromatic rings. The predicted octanol–water partition coefficient (Wildman–Crippen LogP) is 4.14. The number of H-pyrrole nitrogens is 1. The molecule has 1 aromatic heterocycles. The van der Waals surface area contributed by atoms with Crippen LogP contribution in [0.2, 0.25) is 0 Å². The predicted molar refractivity (Wildman–Crippen MR) is 92.5 cm³/mol. The topological polar surface area (TPSA) is 65.4 Å². The van der Waals surface area contributed by atoms with E-state index in [0.717, 1.165) is 22.7 Å². The minimum Gasteiger partial charge on any atom is -0.259 e. The fraction of sp³-hybridized carbons (Fsp3) is 0.0556. The van der Waals surface area contributed by atoms with Crippen molar-refractivity contribution in [2.24, 2.45) is 0 Å². The SMILES string of the molecule is N#Cc1ccc(CSc2n[nH]c(/C=C/c3ccccc3)n2)cc1. The number of aromatic nitrogens is 3. The van der Waals surface area contributed by atoms with Crippen molar-refractivity contribution in [3.8, 4) is 6.07 Å². The monoisotopic (exact) mass is 318 g/mol. The van der Waals surface area contributed by atoms with Crippen LogP contribution in [0.15, 0.2) is 59.8 Å². The van der Waals surface area contributed by atoms with Crippen molar-refractivity contribution in [1.82, 2.24) is 15.2 Å². The van der Waals surface area contributed by atoms with E-state index in [1.807, 2.05) is 66.7 Å². The van der Waals surface area contributed by atoms with Crippen molar-refractivity contribution in [3.05, 3.63) is 77.1 Å². The first-order chi connectivity index (χ1) is 11.3. The van der Waals surface area contributed by atoms with Gasteiger partial charge in [-0.2, -0.15) is 5.26 Å². The maximum absolute atomic E-state index is 8.79. The second-order valence-corrected chi connectivity index (χ2v) is 5.79. The van der Waals surface area contributed by atoms with Gasteiger partial charge in [-0.25, -0.2) is 4.98 Å². The van der Waals surface area contributed by atoms with E-state index in [2.05, 4.69) is 21.3 Å². The molecule has 0 amide bonds. The van der Waals surface area contributed by atoms with E-state index < -0.39 is 0 Å².